The molecule has 0 saturated heterocycles. The molecule has 30 heavy (non-hydrogen) atoms. The Kier molecular flexibility index (Phi) is 7.92. The van der Waals surface area contributed by atoms with E-state index in [1.165, 1.54) is 6.07 Å². The summed E-state index contributed by atoms with van der Waals surface area (Å²) in [5.74, 6) is 0.275. The number of rotatable bonds is 6. The largest absolute Gasteiger partial charge is 0.483 e. The summed E-state index contributed by atoms with van der Waals surface area (Å²) in [6, 6.07) is 10.5. The lowest BCUT2D eigenvalue weighted by atomic mass is 10.2. The molecule has 3 rings (SSSR count). The van der Waals surface area contributed by atoms with E-state index >= 15 is 0 Å². The minimum absolute atomic E-state index is 0.0316. The number of hydrogen-bond acceptors (Lipinski definition) is 5. The zero-order valence-corrected chi connectivity index (χ0v) is 17.0. The Labute approximate surface area is 173 Å². The molecule has 9 heteroatoms. The second kappa shape index (κ2) is 10.6. The molecule has 0 radical (unpaired) electrons. The van der Waals surface area contributed by atoms with Crippen LogP contribution in [0.4, 0.5) is 0 Å². The van der Waals surface area contributed by atoms with Gasteiger partial charge >= 0.3 is 0 Å². The molecule has 1 amide bonds. The van der Waals surface area contributed by atoms with Crippen molar-refractivity contribution in [2.75, 3.05) is 0 Å². The fraction of sp³-hybridized carbons (Fsp3) is 0.238. The quantitative estimate of drug-likeness (QED) is 0.533. The highest BCUT2D eigenvalue weighted by atomic mass is 16.5. The van der Waals surface area contributed by atoms with E-state index in [1.54, 1.807) is 24.0 Å². The summed E-state index contributed by atoms with van der Waals surface area (Å²) >= 11 is 0. The predicted octanol–water partition coefficient (Wildman–Crippen LogP) is 2.19. The van der Waals surface area contributed by atoms with Crippen molar-refractivity contribution in [3.05, 3.63) is 81.8 Å². The number of nitrogens with one attached hydrogen (secondary N) is 2. The molecular formula is C21H24N4O5. The van der Waals surface area contributed by atoms with Crippen molar-refractivity contribution < 1.29 is 19.4 Å². The third-order valence-corrected chi connectivity index (χ3v) is 4.16. The number of carbonyl (C=O) groups is 2. The Morgan fingerprint density at radius 1 is 1.33 bits per heavy atom. The number of ether oxygens (including phenoxy) is 1. The van der Waals surface area contributed by atoms with E-state index in [4.69, 9.17) is 14.6 Å². The van der Waals surface area contributed by atoms with Crippen LogP contribution in [-0.4, -0.2) is 32.0 Å². The molecule has 2 heterocycles. The fourth-order valence-corrected chi connectivity index (χ4v) is 2.73. The van der Waals surface area contributed by atoms with Gasteiger partial charge in [-0.25, -0.2) is 4.98 Å². The first kappa shape index (κ1) is 22.4. The number of nitrogens with zero attached hydrogens (tertiary/aromatic N) is 2. The highest BCUT2D eigenvalue weighted by Gasteiger charge is 2.21. The third-order valence-electron chi connectivity index (χ3n) is 4.16. The number of H-pyrrole nitrogens is 1. The Morgan fingerprint density at radius 3 is 2.60 bits per heavy atom. The topological polar surface area (TPSA) is 126 Å². The highest BCUT2D eigenvalue weighted by molar-refractivity contribution is 5.95. The highest BCUT2D eigenvalue weighted by Crippen LogP contribution is 2.17. The molecule has 0 aliphatic heterocycles. The summed E-state index contributed by atoms with van der Waals surface area (Å²) < 4.78 is 7.31. The minimum atomic E-state index is -0.403. The molecule has 1 atom stereocenters. The number of hydrogen-bond donors (Lipinski definition) is 3. The molecule has 0 spiro atoms. The summed E-state index contributed by atoms with van der Waals surface area (Å²) in [6.45, 7) is 3.66. The molecule has 0 aliphatic carbocycles. The van der Waals surface area contributed by atoms with Crippen LogP contribution in [0.3, 0.4) is 0 Å². The number of amides is 1. The van der Waals surface area contributed by atoms with E-state index in [0.29, 0.717) is 5.82 Å². The number of carbonyl (C=O) groups excluding carboxylic acids is 1. The van der Waals surface area contributed by atoms with Gasteiger partial charge in [0.2, 0.25) is 5.43 Å². The Hall–Kier alpha value is -3.88. The average Bonchev–Trinajstić information content (AvgIpc) is 3.16. The molecule has 0 aliphatic rings. The van der Waals surface area contributed by atoms with Crippen molar-refractivity contribution in [2.45, 2.75) is 26.5 Å². The SMILES string of the molecule is Cc1cnc(C(C)NC(=O)c2c(OCc3ccccc3)c(=O)ccn2C)[nH]1.O=CO. The molecule has 1 unspecified atom stereocenters. The second-order valence-corrected chi connectivity index (χ2v) is 6.49. The number of aryl methyl sites for hydroxylation is 2. The monoisotopic (exact) mass is 412 g/mol. The molecule has 0 saturated carbocycles. The van der Waals surface area contributed by atoms with Crippen LogP contribution in [0.1, 0.15) is 40.5 Å². The van der Waals surface area contributed by atoms with Crippen molar-refractivity contribution >= 4 is 12.4 Å². The van der Waals surface area contributed by atoms with Crippen LogP contribution in [0.25, 0.3) is 0 Å². The summed E-state index contributed by atoms with van der Waals surface area (Å²) in [5.41, 5.74) is 1.66. The Balaban J connectivity index is 0.00000101. The van der Waals surface area contributed by atoms with Crippen LogP contribution < -0.4 is 15.5 Å². The van der Waals surface area contributed by atoms with Gasteiger partial charge in [-0.3, -0.25) is 14.4 Å². The maximum absolute atomic E-state index is 12.8. The van der Waals surface area contributed by atoms with Crippen LogP contribution in [0.2, 0.25) is 0 Å². The van der Waals surface area contributed by atoms with Crippen molar-refractivity contribution in [3.63, 3.8) is 0 Å². The number of imidazole rings is 1. The van der Waals surface area contributed by atoms with Crippen LogP contribution >= 0.6 is 0 Å². The molecule has 9 nitrogen and oxygen atoms in total. The summed E-state index contributed by atoms with van der Waals surface area (Å²) in [6.07, 6.45) is 3.25. The lowest BCUT2D eigenvalue weighted by molar-refractivity contribution is -0.122. The van der Waals surface area contributed by atoms with Gasteiger partial charge in [0.05, 0.1) is 6.04 Å². The first-order valence-corrected chi connectivity index (χ1v) is 9.14. The minimum Gasteiger partial charge on any atom is -0.483 e. The van der Waals surface area contributed by atoms with Crippen LogP contribution in [0.5, 0.6) is 5.75 Å². The molecule has 158 valence electrons. The zero-order chi connectivity index (χ0) is 22.1. The van der Waals surface area contributed by atoms with Gasteiger partial charge in [-0.1, -0.05) is 30.3 Å². The zero-order valence-electron chi connectivity index (χ0n) is 17.0. The van der Waals surface area contributed by atoms with Crippen LogP contribution in [0, 0.1) is 6.92 Å². The number of aromatic nitrogens is 3. The van der Waals surface area contributed by atoms with Crippen LogP contribution in [-0.2, 0) is 18.4 Å². The summed E-state index contributed by atoms with van der Waals surface area (Å²) in [4.78, 5) is 40.9. The van der Waals surface area contributed by atoms with Crippen molar-refractivity contribution in [1.82, 2.24) is 19.9 Å². The van der Waals surface area contributed by atoms with Gasteiger partial charge in [0, 0.05) is 31.2 Å². The smallest absolute Gasteiger partial charge is 0.290 e. The summed E-state index contributed by atoms with van der Waals surface area (Å²) in [5, 5.41) is 9.75. The van der Waals surface area contributed by atoms with Crippen molar-refractivity contribution in [3.8, 4) is 5.75 Å². The summed E-state index contributed by atoms with van der Waals surface area (Å²) in [7, 11) is 1.70. The van der Waals surface area contributed by atoms with Crippen molar-refractivity contribution in [1.29, 1.82) is 0 Å². The van der Waals surface area contributed by atoms with E-state index in [1.807, 2.05) is 44.2 Å². The Bertz CT molecular complexity index is 1040. The lowest BCUT2D eigenvalue weighted by Crippen LogP contribution is -2.31. The van der Waals surface area contributed by atoms with Crippen LogP contribution in [0.15, 0.2) is 53.6 Å². The van der Waals surface area contributed by atoms with Gasteiger partial charge in [0.1, 0.15) is 12.4 Å². The number of pyridine rings is 1. The number of aromatic amines is 1. The number of carboxylic acid groups (broad SMARTS) is 1. The average molecular weight is 412 g/mol. The van der Waals surface area contributed by atoms with E-state index in [-0.39, 0.29) is 36.0 Å². The lowest BCUT2D eigenvalue weighted by Gasteiger charge is -2.17. The van der Waals surface area contributed by atoms with E-state index in [2.05, 4.69) is 15.3 Å². The molecule has 3 aromatic rings. The maximum atomic E-state index is 12.8. The van der Waals surface area contributed by atoms with Gasteiger partial charge in [-0.15, -0.1) is 0 Å². The van der Waals surface area contributed by atoms with E-state index in [0.717, 1.165) is 11.3 Å². The number of benzene rings is 1. The molecule has 0 bridgehead atoms. The van der Waals surface area contributed by atoms with E-state index < -0.39 is 5.91 Å². The van der Waals surface area contributed by atoms with Gasteiger partial charge < -0.3 is 24.7 Å². The molecule has 2 aromatic heterocycles. The molecule has 1 aromatic carbocycles. The van der Waals surface area contributed by atoms with Crippen molar-refractivity contribution in [2.24, 2.45) is 7.05 Å². The second-order valence-electron chi connectivity index (χ2n) is 6.49. The van der Waals surface area contributed by atoms with Gasteiger partial charge in [0.15, 0.2) is 11.4 Å². The molecule has 0 fully saturated rings. The first-order valence-electron chi connectivity index (χ1n) is 9.14. The molecular weight excluding hydrogens is 388 g/mol. The molecule has 3 N–H and O–H groups in total. The Morgan fingerprint density at radius 2 is 2.00 bits per heavy atom. The standard InChI is InChI=1S/C20H22N4O3.CH2O2/c1-13-11-21-19(22-13)14(2)23-20(26)17-18(16(25)9-10-24(17)3)27-12-15-7-5-4-6-8-15;2-1-3/h4-11,14H,12H2,1-3H3,(H,21,22)(H,23,26);1H,(H,2,3). The third kappa shape index (κ3) is 5.81. The van der Waals surface area contributed by atoms with Gasteiger partial charge in [-0.05, 0) is 19.4 Å². The van der Waals surface area contributed by atoms with Gasteiger partial charge in [-0.2, -0.15) is 0 Å². The maximum Gasteiger partial charge on any atom is 0.290 e. The first-order chi connectivity index (χ1) is 14.4. The fourth-order valence-electron chi connectivity index (χ4n) is 2.73. The normalized spacial score (nSPS) is 11.0. The van der Waals surface area contributed by atoms with E-state index in [9.17, 15) is 9.59 Å². The van der Waals surface area contributed by atoms with Gasteiger partial charge in [0.25, 0.3) is 12.4 Å². The predicted molar refractivity (Wildman–Crippen MR) is 110 cm³/mol.